The third-order valence-electron chi connectivity index (χ3n) is 3.63. The van der Waals surface area contributed by atoms with E-state index in [9.17, 15) is 4.79 Å². The van der Waals surface area contributed by atoms with Gasteiger partial charge in [0.25, 0.3) is 5.91 Å². The van der Waals surface area contributed by atoms with Crippen LogP contribution in [0.5, 0.6) is 5.75 Å². The van der Waals surface area contributed by atoms with Crippen LogP contribution in [-0.4, -0.2) is 23.2 Å². The van der Waals surface area contributed by atoms with Crippen LogP contribution in [0.25, 0.3) is 0 Å². The van der Waals surface area contributed by atoms with Crippen LogP contribution in [0.15, 0.2) is 72.1 Å². The average molecular weight is 435 g/mol. The molecule has 5 nitrogen and oxygen atoms in total. The highest BCUT2D eigenvalue weighted by Gasteiger charge is 2.11. The fraction of sp³-hybridized carbons (Fsp3) is 0.0500. The van der Waals surface area contributed by atoms with Crippen molar-refractivity contribution in [3.63, 3.8) is 0 Å². The molecule has 142 valence electrons. The van der Waals surface area contributed by atoms with Gasteiger partial charge in [0.15, 0.2) is 6.61 Å². The van der Waals surface area contributed by atoms with Crippen molar-refractivity contribution >= 4 is 46.4 Å². The molecule has 1 aromatic heterocycles. The number of halogens is 3. The first-order chi connectivity index (χ1) is 13.5. The molecule has 1 amide bonds. The van der Waals surface area contributed by atoms with E-state index < -0.39 is 5.91 Å². The summed E-state index contributed by atoms with van der Waals surface area (Å²) < 4.78 is 5.41. The molecule has 0 bridgehead atoms. The maximum atomic E-state index is 12.2. The highest BCUT2D eigenvalue weighted by Crippen LogP contribution is 2.33. The van der Waals surface area contributed by atoms with Crippen molar-refractivity contribution in [1.82, 2.24) is 10.4 Å². The van der Waals surface area contributed by atoms with Crippen LogP contribution in [0.1, 0.15) is 11.1 Å². The number of nitrogens with zero attached hydrogens (tertiary/aromatic N) is 2. The smallest absolute Gasteiger partial charge is 0.277 e. The number of rotatable bonds is 6. The minimum absolute atomic E-state index is 0.257. The van der Waals surface area contributed by atoms with Gasteiger partial charge in [0, 0.05) is 29.6 Å². The number of carbonyl (C=O) groups excluding carboxylic acids is 1. The molecular formula is C20H14Cl3N3O2. The molecule has 0 unspecified atom stereocenters. The van der Waals surface area contributed by atoms with Crippen LogP contribution in [0, 0.1) is 0 Å². The molecule has 0 fully saturated rings. The van der Waals surface area contributed by atoms with Gasteiger partial charge in [-0.1, -0.05) is 65.1 Å². The summed E-state index contributed by atoms with van der Waals surface area (Å²) in [6.07, 6.45) is 3.32. The van der Waals surface area contributed by atoms with Gasteiger partial charge in [0.05, 0.1) is 20.8 Å². The van der Waals surface area contributed by atoms with Crippen molar-refractivity contribution in [1.29, 1.82) is 0 Å². The highest BCUT2D eigenvalue weighted by atomic mass is 35.5. The Morgan fingerprint density at radius 3 is 2.29 bits per heavy atom. The number of benzene rings is 2. The summed E-state index contributed by atoms with van der Waals surface area (Å²) in [5, 5.41) is 5.10. The molecule has 0 radical (unpaired) electrons. The molecule has 3 aromatic rings. The lowest BCUT2D eigenvalue weighted by Crippen LogP contribution is -2.26. The summed E-state index contributed by atoms with van der Waals surface area (Å²) in [5.74, 6) is -0.197. The highest BCUT2D eigenvalue weighted by molar-refractivity contribution is 6.43. The first kappa shape index (κ1) is 20.1. The molecule has 28 heavy (non-hydrogen) atoms. The lowest BCUT2D eigenvalue weighted by atomic mass is 10.0. The fourth-order valence-electron chi connectivity index (χ4n) is 2.31. The van der Waals surface area contributed by atoms with Gasteiger partial charge in [0.2, 0.25) is 0 Å². The maximum Gasteiger partial charge on any atom is 0.277 e. The zero-order chi connectivity index (χ0) is 19.9. The van der Waals surface area contributed by atoms with Gasteiger partial charge in [-0.05, 0) is 18.2 Å². The molecule has 0 aliphatic rings. The zero-order valence-corrected chi connectivity index (χ0v) is 16.7. The lowest BCUT2D eigenvalue weighted by molar-refractivity contribution is -0.123. The Balaban J connectivity index is 1.72. The van der Waals surface area contributed by atoms with Crippen molar-refractivity contribution in [2.75, 3.05) is 6.61 Å². The van der Waals surface area contributed by atoms with Gasteiger partial charge in [-0.25, -0.2) is 5.43 Å². The number of nitrogens with one attached hydrogen (secondary N) is 1. The van der Waals surface area contributed by atoms with E-state index in [1.807, 2.05) is 42.5 Å². The van der Waals surface area contributed by atoms with Crippen molar-refractivity contribution in [3.05, 3.63) is 93.2 Å². The molecule has 0 atom stereocenters. The van der Waals surface area contributed by atoms with Gasteiger partial charge < -0.3 is 4.74 Å². The number of hydrazone groups is 1. The Labute approximate surface area is 176 Å². The number of hydrogen-bond donors (Lipinski definition) is 1. The second kappa shape index (κ2) is 9.55. The summed E-state index contributed by atoms with van der Waals surface area (Å²) in [6, 6.07) is 16.0. The summed E-state index contributed by atoms with van der Waals surface area (Å²) in [4.78, 5) is 16.2. The zero-order valence-electron chi connectivity index (χ0n) is 14.4. The van der Waals surface area contributed by atoms with Crippen LogP contribution in [0.4, 0.5) is 0 Å². The fourth-order valence-corrected chi connectivity index (χ4v) is 2.90. The summed E-state index contributed by atoms with van der Waals surface area (Å²) >= 11 is 17.9. The average Bonchev–Trinajstić information content (AvgIpc) is 2.71. The molecule has 0 aliphatic carbocycles. The molecule has 0 aliphatic heterocycles. The second-order valence-corrected chi connectivity index (χ2v) is 6.80. The number of ether oxygens (including phenoxy) is 1. The predicted octanol–water partition coefficient (Wildman–Crippen LogP) is 4.99. The maximum absolute atomic E-state index is 12.2. The van der Waals surface area contributed by atoms with Gasteiger partial charge >= 0.3 is 0 Å². The molecule has 0 saturated carbocycles. The van der Waals surface area contributed by atoms with Crippen LogP contribution in [-0.2, 0) is 4.79 Å². The molecule has 3 rings (SSSR count). The van der Waals surface area contributed by atoms with Gasteiger partial charge in [-0.15, -0.1) is 0 Å². The standard InChI is InChI=1S/C20H14Cl3N3O2/c21-15-10-17(23)18(11-16(15)22)28-12-19(27)25-26-20(13-4-2-1-3-5-13)14-6-8-24-9-7-14/h1-11H,12H2,(H,25,27)/b26-20+. The van der Waals surface area contributed by atoms with Crippen molar-refractivity contribution in [3.8, 4) is 5.75 Å². The van der Waals surface area contributed by atoms with Crippen LogP contribution in [0.2, 0.25) is 15.1 Å². The van der Waals surface area contributed by atoms with Gasteiger partial charge in [0.1, 0.15) is 5.75 Å². The van der Waals surface area contributed by atoms with E-state index in [1.54, 1.807) is 12.4 Å². The van der Waals surface area contributed by atoms with E-state index >= 15 is 0 Å². The minimum atomic E-state index is -0.454. The number of aromatic nitrogens is 1. The Morgan fingerprint density at radius 1 is 0.929 bits per heavy atom. The Hall–Kier alpha value is -2.60. The van der Waals surface area contributed by atoms with E-state index in [-0.39, 0.29) is 22.4 Å². The quantitative estimate of drug-likeness (QED) is 0.338. The molecule has 8 heteroatoms. The van der Waals surface area contributed by atoms with Gasteiger partial charge in [-0.3, -0.25) is 9.78 Å². The first-order valence-corrected chi connectivity index (χ1v) is 9.27. The molecule has 0 spiro atoms. The Kier molecular flexibility index (Phi) is 6.87. The third-order valence-corrected chi connectivity index (χ3v) is 4.64. The second-order valence-electron chi connectivity index (χ2n) is 5.58. The molecule has 0 saturated heterocycles. The van der Waals surface area contributed by atoms with E-state index in [4.69, 9.17) is 39.5 Å². The minimum Gasteiger partial charge on any atom is -0.482 e. The van der Waals surface area contributed by atoms with Crippen LogP contribution in [0.3, 0.4) is 0 Å². The van der Waals surface area contributed by atoms with Crippen LogP contribution >= 0.6 is 34.8 Å². The first-order valence-electron chi connectivity index (χ1n) is 8.14. The van der Waals surface area contributed by atoms with Gasteiger partial charge in [-0.2, -0.15) is 5.10 Å². The number of pyridine rings is 1. The largest absolute Gasteiger partial charge is 0.482 e. The van der Waals surface area contributed by atoms with Crippen molar-refractivity contribution < 1.29 is 9.53 Å². The van der Waals surface area contributed by atoms with Crippen molar-refractivity contribution in [2.24, 2.45) is 5.10 Å². The lowest BCUT2D eigenvalue weighted by Gasteiger charge is -2.10. The van der Waals surface area contributed by atoms with E-state index in [0.29, 0.717) is 10.7 Å². The summed E-state index contributed by atoms with van der Waals surface area (Å²) in [6.45, 7) is -0.292. The topological polar surface area (TPSA) is 63.6 Å². The predicted molar refractivity (Wildman–Crippen MR) is 111 cm³/mol. The Morgan fingerprint density at radius 2 is 1.57 bits per heavy atom. The molecule has 1 heterocycles. The normalized spacial score (nSPS) is 11.2. The Bertz CT molecular complexity index is 955. The third kappa shape index (κ3) is 5.23. The number of carbonyl (C=O) groups is 1. The van der Waals surface area contributed by atoms with Crippen LogP contribution < -0.4 is 10.2 Å². The molecule has 2 aromatic carbocycles. The van der Waals surface area contributed by atoms with Crippen molar-refractivity contribution in [2.45, 2.75) is 0 Å². The monoisotopic (exact) mass is 433 g/mol. The van der Waals surface area contributed by atoms with E-state index in [2.05, 4.69) is 15.5 Å². The van der Waals surface area contributed by atoms with E-state index in [1.165, 1.54) is 12.1 Å². The van der Waals surface area contributed by atoms with E-state index in [0.717, 1.165) is 11.1 Å². The summed E-state index contributed by atoms with van der Waals surface area (Å²) in [7, 11) is 0. The molecular weight excluding hydrogens is 421 g/mol. The number of amides is 1. The summed E-state index contributed by atoms with van der Waals surface area (Å²) in [5.41, 5.74) is 4.76. The number of hydrogen-bond acceptors (Lipinski definition) is 4. The SMILES string of the molecule is O=C(COc1cc(Cl)c(Cl)cc1Cl)N/N=C(\c1ccccc1)c1ccncc1. The molecule has 1 N–H and O–H groups in total.